The molecule has 0 saturated carbocycles. The average molecular weight is 194 g/mol. The Morgan fingerprint density at radius 2 is 2.43 bits per heavy atom. The lowest BCUT2D eigenvalue weighted by atomic mass is 10.3. The SMILES string of the molecule is CCCCNC(=O)[n+]1cccc(C)n1. The molecule has 0 atom stereocenters. The van der Waals surface area contributed by atoms with E-state index in [2.05, 4.69) is 17.3 Å². The van der Waals surface area contributed by atoms with Gasteiger partial charge in [0.05, 0.1) is 12.2 Å². The number of carbonyl (C=O) groups is 1. The summed E-state index contributed by atoms with van der Waals surface area (Å²) in [6.07, 6.45) is 3.72. The summed E-state index contributed by atoms with van der Waals surface area (Å²) in [5.41, 5.74) is 0.832. The van der Waals surface area contributed by atoms with Gasteiger partial charge < -0.3 is 0 Å². The molecule has 4 heteroatoms. The van der Waals surface area contributed by atoms with E-state index in [-0.39, 0.29) is 6.03 Å². The monoisotopic (exact) mass is 194 g/mol. The van der Waals surface area contributed by atoms with Crippen LogP contribution in [0.1, 0.15) is 25.5 Å². The van der Waals surface area contributed by atoms with E-state index >= 15 is 0 Å². The van der Waals surface area contributed by atoms with Crippen LogP contribution in [0.25, 0.3) is 0 Å². The van der Waals surface area contributed by atoms with Crippen molar-refractivity contribution in [3.8, 4) is 0 Å². The Morgan fingerprint density at radius 1 is 1.64 bits per heavy atom. The maximum atomic E-state index is 11.5. The number of nitrogens with one attached hydrogen (secondary N) is 1. The zero-order valence-corrected chi connectivity index (χ0v) is 8.66. The van der Waals surface area contributed by atoms with Crippen molar-refractivity contribution in [2.24, 2.45) is 0 Å². The van der Waals surface area contributed by atoms with Gasteiger partial charge >= 0.3 is 6.03 Å². The molecule has 1 aromatic rings. The van der Waals surface area contributed by atoms with E-state index in [0.29, 0.717) is 6.54 Å². The lowest BCUT2D eigenvalue weighted by Gasteiger charge is -1.97. The molecule has 0 radical (unpaired) electrons. The minimum absolute atomic E-state index is 0.165. The maximum Gasteiger partial charge on any atom is 0.516 e. The number of unbranched alkanes of at least 4 members (excludes halogenated alkanes) is 1. The van der Waals surface area contributed by atoms with Crippen LogP contribution in [0, 0.1) is 6.92 Å². The fourth-order valence-electron chi connectivity index (χ4n) is 1.07. The molecule has 1 rings (SSSR count). The number of aromatic nitrogens is 2. The smallest absolute Gasteiger partial charge is 0.236 e. The summed E-state index contributed by atoms with van der Waals surface area (Å²) in [7, 11) is 0. The Morgan fingerprint density at radius 3 is 3.07 bits per heavy atom. The molecule has 0 fully saturated rings. The molecule has 0 aromatic carbocycles. The first kappa shape index (κ1) is 10.6. The highest BCUT2D eigenvalue weighted by atomic mass is 16.2. The number of carbonyl (C=O) groups excluding carboxylic acids is 1. The Labute approximate surface area is 84.0 Å². The third-order valence-corrected chi connectivity index (χ3v) is 1.84. The lowest BCUT2D eigenvalue weighted by Crippen LogP contribution is -2.53. The second kappa shape index (κ2) is 5.32. The second-order valence-electron chi connectivity index (χ2n) is 3.18. The van der Waals surface area contributed by atoms with Gasteiger partial charge in [-0.2, -0.15) is 4.79 Å². The molecule has 76 valence electrons. The van der Waals surface area contributed by atoms with Crippen LogP contribution >= 0.6 is 0 Å². The van der Waals surface area contributed by atoms with Gasteiger partial charge in [-0.1, -0.05) is 23.1 Å². The number of hydrogen-bond donors (Lipinski definition) is 1. The molecule has 0 bridgehead atoms. The maximum absolute atomic E-state index is 11.5. The van der Waals surface area contributed by atoms with E-state index in [1.807, 2.05) is 19.1 Å². The van der Waals surface area contributed by atoms with Gasteiger partial charge in [0, 0.05) is 0 Å². The minimum atomic E-state index is -0.165. The van der Waals surface area contributed by atoms with E-state index in [1.54, 1.807) is 6.20 Å². The Balaban J connectivity index is 2.52. The van der Waals surface area contributed by atoms with Crippen molar-refractivity contribution in [3.63, 3.8) is 0 Å². The van der Waals surface area contributed by atoms with Crippen LogP contribution in [-0.4, -0.2) is 17.7 Å². The number of rotatable bonds is 3. The van der Waals surface area contributed by atoms with Gasteiger partial charge in [-0.3, -0.25) is 0 Å². The Kier molecular flexibility index (Phi) is 4.04. The number of aryl methyl sites for hydroxylation is 1. The third kappa shape index (κ3) is 3.12. The first-order valence-corrected chi connectivity index (χ1v) is 4.88. The highest BCUT2D eigenvalue weighted by Crippen LogP contribution is 1.84. The van der Waals surface area contributed by atoms with Crippen molar-refractivity contribution in [1.29, 1.82) is 0 Å². The predicted molar refractivity (Wildman–Crippen MR) is 52.9 cm³/mol. The van der Waals surface area contributed by atoms with E-state index in [1.165, 1.54) is 4.68 Å². The van der Waals surface area contributed by atoms with E-state index < -0.39 is 0 Å². The summed E-state index contributed by atoms with van der Waals surface area (Å²) < 4.78 is 1.32. The van der Waals surface area contributed by atoms with E-state index in [4.69, 9.17) is 0 Å². The van der Waals surface area contributed by atoms with Crippen LogP contribution in [0.5, 0.6) is 0 Å². The summed E-state index contributed by atoms with van der Waals surface area (Å²) in [6.45, 7) is 4.65. The fourth-order valence-corrected chi connectivity index (χ4v) is 1.07. The molecule has 1 amide bonds. The van der Waals surface area contributed by atoms with Gasteiger partial charge in [0.25, 0.3) is 0 Å². The van der Waals surface area contributed by atoms with Crippen LogP contribution in [0.15, 0.2) is 18.3 Å². The summed E-state index contributed by atoms with van der Waals surface area (Å²) >= 11 is 0. The van der Waals surface area contributed by atoms with Gasteiger partial charge in [-0.05, 0) is 25.5 Å². The minimum Gasteiger partial charge on any atom is -0.236 e. The molecular formula is C10H16N3O+. The second-order valence-corrected chi connectivity index (χ2v) is 3.18. The molecule has 0 spiro atoms. The van der Waals surface area contributed by atoms with Crippen LogP contribution in [0.2, 0.25) is 0 Å². The molecule has 0 unspecified atom stereocenters. The van der Waals surface area contributed by atoms with E-state index in [9.17, 15) is 4.79 Å². The highest BCUT2D eigenvalue weighted by molar-refractivity contribution is 5.63. The largest absolute Gasteiger partial charge is 0.516 e. The van der Waals surface area contributed by atoms with Crippen LogP contribution in [0.4, 0.5) is 4.79 Å². The summed E-state index contributed by atoms with van der Waals surface area (Å²) in [5.74, 6) is 0. The molecule has 0 saturated heterocycles. The van der Waals surface area contributed by atoms with Crippen LogP contribution in [0.3, 0.4) is 0 Å². The summed E-state index contributed by atoms with van der Waals surface area (Å²) in [4.78, 5) is 11.5. The molecule has 1 heterocycles. The number of hydrogen-bond acceptors (Lipinski definition) is 2. The van der Waals surface area contributed by atoms with E-state index in [0.717, 1.165) is 18.5 Å². The van der Waals surface area contributed by atoms with Crippen molar-refractivity contribution >= 4 is 6.03 Å². The van der Waals surface area contributed by atoms with Crippen molar-refractivity contribution in [2.75, 3.05) is 6.54 Å². The third-order valence-electron chi connectivity index (χ3n) is 1.84. The first-order valence-electron chi connectivity index (χ1n) is 4.88. The topological polar surface area (TPSA) is 45.9 Å². The summed E-state index contributed by atoms with van der Waals surface area (Å²) in [6, 6.07) is 3.50. The molecule has 14 heavy (non-hydrogen) atoms. The predicted octanol–water partition coefficient (Wildman–Crippen LogP) is 1.04. The van der Waals surface area contributed by atoms with Crippen LogP contribution < -0.4 is 10.00 Å². The average Bonchev–Trinajstić information content (AvgIpc) is 2.18. The van der Waals surface area contributed by atoms with Gasteiger partial charge in [0.2, 0.25) is 0 Å². The molecule has 0 aliphatic carbocycles. The van der Waals surface area contributed by atoms with Gasteiger partial charge in [-0.15, -0.1) is 0 Å². The Hall–Kier alpha value is -1.45. The molecule has 0 aliphatic rings. The lowest BCUT2D eigenvalue weighted by molar-refractivity contribution is -0.637. The Bertz CT molecular complexity index is 312. The van der Waals surface area contributed by atoms with Gasteiger partial charge in [0.1, 0.15) is 6.20 Å². The molecule has 1 aromatic heterocycles. The molecular weight excluding hydrogens is 178 g/mol. The van der Waals surface area contributed by atoms with Crippen molar-refractivity contribution < 1.29 is 9.48 Å². The van der Waals surface area contributed by atoms with Crippen molar-refractivity contribution in [2.45, 2.75) is 26.7 Å². The van der Waals surface area contributed by atoms with Gasteiger partial charge in [0.15, 0.2) is 0 Å². The van der Waals surface area contributed by atoms with Crippen molar-refractivity contribution in [1.82, 2.24) is 10.4 Å². The number of amides is 1. The normalized spacial score (nSPS) is 9.86. The molecule has 1 N–H and O–H groups in total. The fraction of sp³-hybridized carbons (Fsp3) is 0.500. The highest BCUT2D eigenvalue weighted by Gasteiger charge is 2.12. The standard InChI is InChI=1S/C10H15N3O/c1-3-4-7-11-10(14)13-8-5-6-9(2)12-13/h5-6,8H,3-4,7H2,1-2H3/p+1. The zero-order valence-electron chi connectivity index (χ0n) is 8.66. The van der Waals surface area contributed by atoms with Gasteiger partial charge in [-0.25, -0.2) is 5.32 Å². The quantitative estimate of drug-likeness (QED) is 0.577. The van der Waals surface area contributed by atoms with Crippen molar-refractivity contribution in [3.05, 3.63) is 24.0 Å². The summed E-state index contributed by atoms with van der Waals surface area (Å²) in [5, 5.41) is 6.85. The molecule has 0 aliphatic heterocycles. The first-order chi connectivity index (χ1) is 6.74. The number of nitrogens with zero attached hydrogens (tertiary/aromatic N) is 2. The molecule has 4 nitrogen and oxygen atoms in total. The van der Waals surface area contributed by atoms with Crippen LogP contribution in [-0.2, 0) is 0 Å². The zero-order chi connectivity index (χ0) is 10.4.